The molecule has 0 atom stereocenters. The molecule has 23 heavy (non-hydrogen) atoms. The lowest BCUT2D eigenvalue weighted by molar-refractivity contribution is -0.149. The minimum atomic E-state index is -0.959. The molecule has 0 aliphatic heterocycles. The summed E-state index contributed by atoms with van der Waals surface area (Å²) in [6.07, 6.45) is 0.914. The van der Waals surface area contributed by atoms with Crippen molar-refractivity contribution in [2.45, 2.75) is 59.8 Å². The highest BCUT2D eigenvalue weighted by molar-refractivity contribution is 5.75. The zero-order valence-electron chi connectivity index (χ0n) is 14.0. The standard InChI is InChI=1S/C8H14O4.C7H12O4/c1-8(2,7(11)12)5-3-4-6(9)10;1-7(2,6(10)11)4-3-5(8)9/h3-5H2,1-2H3,(H,9,10)(H,11,12);3-4H2,1-2H3,(H,8,9)(H,10,11). The Morgan fingerprint density at radius 2 is 1.00 bits per heavy atom. The molecule has 4 N–H and O–H groups in total. The minimum absolute atomic E-state index is 0.0384. The Morgan fingerprint density at radius 3 is 1.30 bits per heavy atom. The number of aliphatic carboxylic acids is 4. The van der Waals surface area contributed by atoms with E-state index in [0.717, 1.165) is 0 Å². The fourth-order valence-electron chi connectivity index (χ4n) is 1.31. The molecule has 0 unspecified atom stereocenters. The highest BCUT2D eigenvalue weighted by atomic mass is 16.4. The second kappa shape index (κ2) is 9.81. The molecule has 0 saturated carbocycles. The molecule has 0 amide bonds. The van der Waals surface area contributed by atoms with E-state index in [9.17, 15) is 19.2 Å². The zero-order valence-corrected chi connectivity index (χ0v) is 14.0. The summed E-state index contributed by atoms with van der Waals surface area (Å²) in [4.78, 5) is 41.2. The van der Waals surface area contributed by atoms with Crippen molar-refractivity contribution in [1.82, 2.24) is 0 Å². The molecule has 134 valence electrons. The van der Waals surface area contributed by atoms with E-state index in [1.807, 2.05) is 0 Å². The third-order valence-electron chi connectivity index (χ3n) is 3.31. The fraction of sp³-hybridized carbons (Fsp3) is 0.733. The van der Waals surface area contributed by atoms with Crippen LogP contribution < -0.4 is 0 Å². The molecule has 0 saturated heterocycles. The van der Waals surface area contributed by atoms with E-state index in [1.165, 1.54) is 13.8 Å². The molecule has 0 spiro atoms. The van der Waals surface area contributed by atoms with Crippen LogP contribution >= 0.6 is 0 Å². The van der Waals surface area contributed by atoms with Crippen LogP contribution in [-0.4, -0.2) is 44.3 Å². The van der Waals surface area contributed by atoms with Gasteiger partial charge in [0.2, 0.25) is 0 Å². The Hall–Kier alpha value is -2.12. The summed E-state index contributed by atoms with van der Waals surface area (Å²) >= 11 is 0. The number of hydrogen-bond donors (Lipinski definition) is 4. The highest BCUT2D eigenvalue weighted by Crippen LogP contribution is 2.23. The Bertz CT molecular complexity index is 437. The van der Waals surface area contributed by atoms with Crippen molar-refractivity contribution >= 4 is 23.9 Å². The van der Waals surface area contributed by atoms with Crippen LogP contribution in [0.5, 0.6) is 0 Å². The van der Waals surface area contributed by atoms with Crippen LogP contribution in [-0.2, 0) is 19.2 Å². The second-order valence-corrected chi connectivity index (χ2v) is 6.52. The zero-order chi connectivity index (χ0) is 18.8. The maximum absolute atomic E-state index is 10.5. The van der Waals surface area contributed by atoms with Crippen molar-refractivity contribution in [2.75, 3.05) is 0 Å². The molecule has 0 heterocycles. The Kier molecular flexibility index (Phi) is 9.87. The van der Waals surface area contributed by atoms with Crippen LogP contribution in [0.4, 0.5) is 0 Å². The largest absolute Gasteiger partial charge is 0.481 e. The molecular formula is C15H26O8. The van der Waals surface area contributed by atoms with Gasteiger partial charge in [-0.25, -0.2) is 0 Å². The first-order valence-corrected chi connectivity index (χ1v) is 7.13. The highest BCUT2D eigenvalue weighted by Gasteiger charge is 2.27. The third kappa shape index (κ3) is 12.1. The van der Waals surface area contributed by atoms with Gasteiger partial charge in [0, 0.05) is 12.8 Å². The number of carboxylic acids is 4. The van der Waals surface area contributed by atoms with Crippen molar-refractivity contribution in [3.8, 4) is 0 Å². The van der Waals surface area contributed by atoms with E-state index in [2.05, 4.69) is 0 Å². The van der Waals surface area contributed by atoms with Gasteiger partial charge in [0.15, 0.2) is 0 Å². The van der Waals surface area contributed by atoms with E-state index in [-0.39, 0.29) is 19.3 Å². The normalized spacial score (nSPS) is 11.1. The lowest BCUT2D eigenvalue weighted by atomic mass is 9.87. The van der Waals surface area contributed by atoms with Gasteiger partial charge < -0.3 is 20.4 Å². The Morgan fingerprint density at radius 1 is 0.652 bits per heavy atom. The monoisotopic (exact) mass is 334 g/mol. The molecule has 8 nitrogen and oxygen atoms in total. The average molecular weight is 334 g/mol. The van der Waals surface area contributed by atoms with Crippen LogP contribution in [0.1, 0.15) is 59.8 Å². The molecule has 0 aromatic heterocycles. The SMILES string of the molecule is CC(C)(CCC(=O)O)C(=O)O.CC(C)(CCCC(=O)O)C(=O)O. The van der Waals surface area contributed by atoms with Crippen LogP contribution in [0.25, 0.3) is 0 Å². The summed E-state index contributed by atoms with van der Waals surface area (Å²) in [7, 11) is 0. The molecule has 0 aromatic carbocycles. The average Bonchev–Trinajstić information content (AvgIpc) is 2.36. The molecule has 0 aromatic rings. The second-order valence-electron chi connectivity index (χ2n) is 6.52. The molecule has 0 aliphatic rings. The Balaban J connectivity index is 0. The van der Waals surface area contributed by atoms with Gasteiger partial charge in [-0.15, -0.1) is 0 Å². The molecule has 0 radical (unpaired) electrons. The smallest absolute Gasteiger partial charge is 0.309 e. The first-order chi connectivity index (χ1) is 10.2. The van der Waals surface area contributed by atoms with Crippen molar-refractivity contribution in [3.05, 3.63) is 0 Å². The van der Waals surface area contributed by atoms with Gasteiger partial charge in [-0.3, -0.25) is 19.2 Å². The molecule has 0 fully saturated rings. The van der Waals surface area contributed by atoms with E-state index in [4.69, 9.17) is 20.4 Å². The summed E-state index contributed by atoms with van der Waals surface area (Å²) in [6, 6.07) is 0. The Labute approximate surface area is 135 Å². The van der Waals surface area contributed by atoms with Crippen LogP contribution in [0.15, 0.2) is 0 Å². The summed E-state index contributed by atoms with van der Waals surface area (Å²) in [5.74, 6) is -3.68. The topological polar surface area (TPSA) is 149 Å². The van der Waals surface area contributed by atoms with Gasteiger partial charge in [-0.1, -0.05) is 0 Å². The van der Waals surface area contributed by atoms with E-state index >= 15 is 0 Å². The predicted molar refractivity (Wildman–Crippen MR) is 81.2 cm³/mol. The summed E-state index contributed by atoms with van der Waals surface area (Å²) in [6.45, 7) is 6.21. The van der Waals surface area contributed by atoms with Crippen LogP contribution in [0, 0.1) is 10.8 Å². The first-order valence-electron chi connectivity index (χ1n) is 7.13. The van der Waals surface area contributed by atoms with Gasteiger partial charge in [-0.2, -0.15) is 0 Å². The van der Waals surface area contributed by atoms with E-state index < -0.39 is 34.7 Å². The number of hydrogen-bond acceptors (Lipinski definition) is 4. The lowest BCUT2D eigenvalue weighted by Gasteiger charge is -2.17. The molecule has 0 bridgehead atoms. The van der Waals surface area contributed by atoms with E-state index in [1.54, 1.807) is 13.8 Å². The van der Waals surface area contributed by atoms with Crippen molar-refractivity contribution < 1.29 is 39.6 Å². The van der Waals surface area contributed by atoms with Gasteiger partial charge in [-0.05, 0) is 47.0 Å². The summed E-state index contributed by atoms with van der Waals surface area (Å²) in [5, 5.41) is 33.8. The first kappa shape index (κ1) is 23.2. The molecule has 8 heteroatoms. The number of carbonyl (C=O) groups is 4. The minimum Gasteiger partial charge on any atom is -0.481 e. The summed E-state index contributed by atoms with van der Waals surface area (Å²) < 4.78 is 0. The van der Waals surface area contributed by atoms with Crippen molar-refractivity contribution in [1.29, 1.82) is 0 Å². The van der Waals surface area contributed by atoms with Crippen molar-refractivity contribution in [3.63, 3.8) is 0 Å². The van der Waals surface area contributed by atoms with Gasteiger partial charge >= 0.3 is 23.9 Å². The maximum atomic E-state index is 10.5. The quantitative estimate of drug-likeness (QED) is 0.501. The number of carboxylic acid groups (broad SMARTS) is 4. The van der Waals surface area contributed by atoms with Crippen LogP contribution in [0.3, 0.4) is 0 Å². The third-order valence-corrected chi connectivity index (χ3v) is 3.31. The maximum Gasteiger partial charge on any atom is 0.309 e. The molecular weight excluding hydrogens is 308 g/mol. The molecule has 0 rings (SSSR count). The van der Waals surface area contributed by atoms with E-state index in [0.29, 0.717) is 12.8 Å². The molecule has 0 aliphatic carbocycles. The van der Waals surface area contributed by atoms with Gasteiger partial charge in [0.05, 0.1) is 10.8 Å². The van der Waals surface area contributed by atoms with Gasteiger partial charge in [0.1, 0.15) is 0 Å². The van der Waals surface area contributed by atoms with Gasteiger partial charge in [0.25, 0.3) is 0 Å². The van der Waals surface area contributed by atoms with Crippen molar-refractivity contribution in [2.24, 2.45) is 10.8 Å². The summed E-state index contributed by atoms with van der Waals surface area (Å²) in [5.41, 5.74) is -1.74. The fourth-order valence-corrected chi connectivity index (χ4v) is 1.31. The number of rotatable bonds is 9. The lowest BCUT2D eigenvalue weighted by Crippen LogP contribution is -2.24. The predicted octanol–water partition coefficient (Wildman–Crippen LogP) is 2.31. The van der Waals surface area contributed by atoms with Crippen LogP contribution in [0.2, 0.25) is 0 Å².